The molecule has 0 saturated carbocycles. The van der Waals surface area contributed by atoms with Gasteiger partial charge < -0.3 is 5.32 Å². The Hall–Kier alpha value is -2.71. The molecule has 0 atom stereocenters. The van der Waals surface area contributed by atoms with Crippen LogP contribution in [0, 0.1) is 5.82 Å². The summed E-state index contributed by atoms with van der Waals surface area (Å²) >= 11 is 0. The first-order valence-electron chi connectivity index (χ1n) is 10.3. The van der Waals surface area contributed by atoms with Crippen LogP contribution < -0.4 is 9.62 Å². The topological polar surface area (TPSA) is 69.7 Å². The number of anilines is 1. The third-order valence-corrected chi connectivity index (χ3v) is 7.07. The van der Waals surface area contributed by atoms with E-state index in [1.807, 2.05) is 0 Å². The number of benzene rings is 2. The van der Waals surface area contributed by atoms with Crippen molar-refractivity contribution in [3.05, 3.63) is 77.1 Å². The zero-order chi connectivity index (χ0) is 22.4. The van der Waals surface area contributed by atoms with Crippen LogP contribution in [0.5, 0.6) is 0 Å². The smallest absolute Gasteiger partial charge is 0.303 e. The molecule has 6 nitrogen and oxygen atoms in total. The van der Waals surface area contributed by atoms with Gasteiger partial charge in [0, 0.05) is 26.2 Å². The zero-order valence-corrected chi connectivity index (χ0v) is 18.7. The number of carbonyl (C=O) groups is 1. The van der Waals surface area contributed by atoms with Crippen molar-refractivity contribution < 1.29 is 17.6 Å². The summed E-state index contributed by atoms with van der Waals surface area (Å²) in [6.07, 6.45) is 6.63. The molecule has 31 heavy (non-hydrogen) atoms. The molecular formula is C23H28FN3O3S. The molecule has 1 N–H and O–H groups in total. The van der Waals surface area contributed by atoms with Crippen molar-refractivity contribution in [3.63, 3.8) is 0 Å². The van der Waals surface area contributed by atoms with Gasteiger partial charge in [-0.25, -0.2) is 4.39 Å². The summed E-state index contributed by atoms with van der Waals surface area (Å²) in [7, 11) is -1.12. The number of allylic oxidation sites excluding steroid dienone is 1. The van der Waals surface area contributed by atoms with Crippen LogP contribution in [-0.2, 0) is 16.8 Å². The minimum atomic E-state index is -3.92. The van der Waals surface area contributed by atoms with E-state index in [0.29, 0.717) is 17.7 Å². The van der Waals surface area contributed by atoms with Gasteiger partial charge in [0.15, 0.2) is 0 Å². The van der Waals surface area contributed by atoms with Gasteiger partial charge in [0.05, 0.1) is 12.2 Å². The van der Waals surface area contributed by atoms with Crippen LogP contribution in [0.25, 0.3) is 0 Å². The molecule has 0 aromatic heterocycles. The van der Waals surface area contributed by atoms with Gasteiger partial charge in [-0.05, 0) is 55.5 Å². The van der Waals surface area contributed by atoms with E-state index in [1.54, 1.807) is 30.3 Å². The highest BCUT2D eigenvalue weighted by Crippen LogP contribution is 2.25. The molecule has 0 heterocycles. The van der Waals surface area contributed by atoms with E-state index in [4.69, 9.17) is 0 Å². The fraction of sp³-hybridized carbons (Fsp3) is 0.348. The second kappa shape index (κ2) is 10.1. The number of para-hydroxylation sites is 1. The highest BCUT2D eigenvalue weighted by Gasteiger charge is 2.27. The average Bonchev–Trinajstić information content (AvgIpc) is 2.77. The molecule has 0 bridgehead atoms. The maximum absolute atomic E-state index is 14.4. The van der Waals surface area contributed by atoms with Gasteiger partial charge in [0.25, 0.3) is 5.91 Å². The number of nitrogens with zero attached hydrogens (tertiary/aromatic N) is 2. The van der Waals surface area contributed by atoms with Crippen LogP contribution in [0.15, 0.2) is 60.2 Å². The van der Waals surface area contributed by atoms with Gasteiger partial charge in [-0.15, -0.1) is 0 Å². The number of amides is 1. The van der Waals surface area contributed by atoms with Crippen molar-refractivity contribution in [1.82, 2.24) is 9.62 Å². The van der Waals surface area contributed by atoms with Gasteiger partial charge >= 0.3 is 10.2 Å². The minimum absolute atomic E-state index is 0.0289. The van der Waals surface area contributed by atoms with Crippen molar-refractivity contribution >= 4 is 21.8 Å². The molecule has 1 aliphatic rings. The summed E-state index contributed by atoms with van der Waals surface area (Å²) in [4.78, 5) is 12.4. The summed E-state index contributed by atoms with van der Waals surface area (Å²) in [5, 5.41) is 2.93. The standard InChI is InChI=1S/C23H28FN3O3S/c1-26(2)31(29,30)27(22-11-7-6-10-21(22)24)17-19-12-14-20(15-13-19)23(28)25-16-18-8-4-3-5-9-18/h6-8,10-15H,3-5,9,16-17H2,1-2H3,(H,25,28). The van der Waals surface area contributed by atoms with Crippen LogP contribution in [0.2, 0.25) is 0 Å². The SMILES string of the molecule is CN(C)S(=O)(=O)N(Cc1ccc(C(=O)NCC2=CCCCC2)cc1)c1ccccc1F. The molecule has 0 fully saturated rings. The summed E-state index contributed by atoms with van der Waals surface area (Å²) in [6, 6.07) is 12.4. The minimum Gasteiger partial charge on any atom is -0.348 e. The van der Waals surface area contributed by atoms with Gasteiger partial charge in [-0.2, -0.15) is 12.7 Å². The van der Waals surface area contributed by atoms with E-state index in [1.165, 1.54) is 44.3 Å². The molecule has 0 radical (unpaired) electrons. The fourth-order valence-electron chi connectivity index (χ4n) is 3.43. The van der Waals surface area contributed by atoms with E-state index in [2.05, 4.69) is 11.4 Å². The predicted octanol–water partition coefficient (Wildman–Crippen LogP) is 3.87. The molecule has 0 aliphatic heterocycles. The molecule has 2 aromatic rings. The lowest BCUT2D eigenvalue weighted by atomic mass is 9.99. The third-order valence-electron chi connectivity index (χ3n) is 5.26. The third kappa shape index (κ3) is 5.71. The van der Waals surface area contributed by atoms with Crippen molar-refractivity contribution in [2.24, 2.45) is 0 Å². The van der Waals surface area contributed by atoms with Gasteiger partial charge in [-0.1, -0.05) is 35.9 Å². The molecule has 1 amide bonds. The highest BCUT2D eigenvalue weighted by atomic mass is 32.2. The Morgan fingerprint density at radius 3 is 2.39 bits per heavy atom. The van der Waals surface area contributed by atoms with Gasteiger partial charge in [-0.3, -0.25) is 9.10 Å². The monoisotopic (exact) mass is 445 g/mol. The Bertz CT molecular complexity index is 1050. The number of nitrogens with one attached hydrogen (secondary N) is 1. The van der Waals surface area contributed by atoms with E-state index in [-0.39, 0.29) is 18.1 Å². The normalized spacial score (nSPS) is 14.3. The maximum atomic E-state index is 14.4. The summed E-state index contributed by atoms with van der Waals surface area (Å²) in [5.74, 6) is -0.800. The number of halogens is 1. The van der Waals surface area contributed by atoms with E-state index in [9.17, 15) is 17.6 Å². The molecule has 0 saturated heterocycles. The summed E-state index contributed by atoms with van der Waals surface area (Å²) in [5.41, 5.74) is 2.36. The Morgan fingerprint density at radius 2 is 1.77 bits per heavy atom. The van der Waals surface area contributed by atoms with E-state index >= 15 is 0 Å². The first kappa shape index (κ1) is 23.0. The first-order chi connectivity index (χ1) is 14.8. The number of carbonyl (C=O) groups excluding carboxylic acids is 1. The lowest BCUT2D eigenvalue weighted by molar-refractivity contribution is 0.0956. The zero-order valence-electron chi connectivity index (χ0n) is 17.8. The van der Waals surface area contributed by atoms with Gasteiger partial charge in [0.1, 0.15) is 5.82 Å². The van der Waals surface area contributed by atoms with Gasteiger partial charge in [0.2, 0.25) is 0 Å². The van der Waals surface area contributed by atoms with Crippen molar-refractivity contribution in [2.45, 2.75) is 32.2 Å². The largest absolute Gasteiger partial charge is 0.348 e. The molecular weight excluding hydrogens is 417 g/mol. The summed E-state index contributed by atoms with van der Waals surface area (Å²) in [6.45, 7) is 0.485. The Morgan fingerprint density at radius 1 is 1.06 bits per heavy atom. The Balaban J connectivity index is 1.74. The molecule has 2 aromatic carbocycles. The summed E-state index contributed by atoms with van der Waals surface area (Å²) < 4.78 is 42.1. The Labute approximate surface area is 183 Å². The molecule has 0 spiro atoms. The van der Waals surface area contributed by atoms with E-state index < -0.39 is 16.0 Å². The molecule has 1 aliphatic carbocycles. The van der Waals surface area contributed by atoms with Crippen LogP contribution in [0.4, 0.5) is 10.1 Å². The molecule has 3 rings (SSSR count). The molecule has 166 valence electrons. The highest BCUT2D eigenvalue weighted by molar-refractivity contribution is 7.90. The van der Waals surface area contributed by atoms with Crippen LogP contribution in [0.1, 0.15) is 41.6 Å². The lowest BCUT2D eigenvalue weighted by Crippen LogP contribution is -2.40. The van der Waals surface area contributed by atoms with Crippen LogP contribution in [-0.4, -0.2) is 39.3 Å². The van der Waals surface area contributed by atoms with Crippen molar-refractivity contribution in [1.29, 1.82) is 0 Å². The first-order valence-corrected chi connectivity index (χ1v) is 11.7. The maximum Gasteiger partial charge on any atom is 0.303 e. The molecule has 0 unspecified atom stereocenters. The van der Waals surface area contributed by atoms with Crippen LogP contribution >= 0.6 is 0 Å². The van der Waals surface area contributed by atoms with Crippen molar-refractivity contribution in [3.8, 4) is 0 Å². The molecule has 8 heteroatoms. The second-order valence-electron chi connectivity index (χ2n) is 7.74. The quantitative estimate of drug-likeness (QED) is 0.627. The Kier molecular flexibility index (Phi) is 7.46. The number of hydrogen-bond acceptors (Lipinski definition) is 3. The predicted molar refractivity (Wildman–Crippen MR) is 121 cm³/mol. The lowest BCUT2D eigenvalue weighted by Gasteiger charge is -2.27. The van der Waals surface area contributed by atoms with E-state index in [0.717, 1.165) is 27.9 Å². The van der Waals surface area contributed by atoms with Crippen molar-refractivity contribution in [2.75, 3.05) is 24.9 Å². The number of rotatable bonds is 8. The second-order valence-corrected chi connectivity index (χ2v) is 9.80. The number of hydrogen-bond donors (Lipinski definition) is 1. The average molecular weight is 446 g/mol. The fourth-order valence-corrected chi connectivity index (χ4v) is 4.53. The van der Waals surface area contributed by atoms with Crippen LogP contribution in [0.3, 0.4) is 0 Å².